The van der Waals surface area contributed by atoms with Crippen LogP contribution in [0, 0.1) is 0 Å². The molecule has 0 atom stereocenters. The van der Waals surface area contributed by atoms with Crippen molar-refractivity contribution in [2.24, 2.45) is 0 Å². The van der Waals surface area contributed by atoms with Gasteiger partial charge in [-0.3, -0.25) is 0 Å². The Morgan fingerprint density at radius 1 is 1.30 bits per heavy atom. The molecule has 0 aromatic heterocycles. The number of carbonyl (C=O) groups excluding carboxylic acids is 1. The van der Waals surface area contributed by atoms with Crippen LogP contribution >= 0.6 is 0 Å². The first-order valence-corrected chi connectivity index (χ1v) is 6.21. The Morgan fingerprint density at radius 3 is 2.60 bits per heavy atom. The van der Waals surface area contributed by atoms with Crippen molar-refractivity contribution in [1.82, 2.24) is 5.32 Å². The van der Waals surface area contributed by atoms with Crippen LogP contribution in [0.3, 0.4) is 0 Å². The summed E-state index contributed by atoms with van der Waals surface area (Å²) in [6, 6.07) is 6.16. The molecule has 0 aliphatic heterocycles. The molecule has 0 aliphatic carbocycles. The van der Waals surface area contributed by atoms with Gasteiger partial charge in [-0.25, -0.2) is 9.59 Å². The SMILES string of the molecule is CC(C)(C)OC(=O)NCCOc1cccc(C(=O)O)c1. The zero-order valence-corrected chi connectivity index (χ0v) is 11.8. The van der Waals surface area contributed by atoms with Crippen LogP contribution in [0.15, 0.2) is 24.3 Å². The minimum absolute atomic E-state index is 0.155. The lowest BCUT2D eigenvalue weighted by atomic mass is 10.2. The first kappa shape index (κ1) is 15.8. The molecule has 0 unspecified atom stereocenters. The predicted octanol–water partition coefficient (Wildman–Crippen LogP) is 2.29. The van der Waals surface area contributed by atoms with Crippen molar-refractivity contribution in [2.75, 3.05) is 13.2 Å². The van der Waals surface area contributed by atoms with Gasteiger partial charge in [0.1, 0.15) is 18.0 Å². The van der Waals surface area contributed by atoms with Gasteiger partial charge < -0.3 is 19.9 Å². The highest BCUT2D eigenvalue weighted by atomic mass is 16.6. The van der Waals surface area contributed by atoms with Crippen molar-refractivity contribution >= 4 is 12.1 Å². The van der Waals surface area contributed by atoms with Gasteiger partial charge in [0.05, 0.1) is 12.1 Å². The Balaban J connectivity index is 2.33. The molecule has 1 amide bonds. The zero-order valence-electron chi connectivity index (χ0n) is 11.8. The molecule has 0 aliphatic rings. The zero-order chi connectivity index (χ0) is 15.2. The summed E-state index contributed by atoms with van der Waals surface area (Å²) < 4.78 is 10.4. The Labute approximate surface area is 117 Å². The van der Waals surface area contributed by atoms with Gasteiger partial charge >= 0.3 is 12.1 Å². The molecular weight excluding hydrogens is 262 g/mol. The van der Waals surface area contributed by atoms with E-state index < -0.39 is 17.7 Å². The molecule has 20 heavy (non-hydrogen) atoms. The fraction of sp³-hybridized carbons (Fsp3) is 0.429. The third-order valence-electron chi connectivity index (χ3n) is 2.12. The van der Waals surface area contributed by atoms with Crippen LogP contribution in [-0.2, 0) is 4.74 Å². The minimum Gasteiger partial charge on any atom is -0.492 e. The van der Waals surface area contributed by atoms with E-state index in [0.717, 1.165) is 0 Å². The average molecular weight is 281 g/mol. The highest BCUT2D eigenvalue weighted by Gasteiger charge is 2.15. The van der Waals surface area contributed by atoms with E-state index in [0.29, 0.717) is 5.75 Å². The number of hydrogen-bond donors (Lipinski definition) is 2. The Hall–Kier alpha value is -2.24. The maximum absolute atomic E-state index is 11.3. The fourth-order valence-electron chi connectivity index (χ4n) is 1.36. The lowest BCUT2D eigenvalue weighted by Crippen LogP contribution is -2.34. The highest BCUT2D eigenvalue weighted by Crippen LogP contribution is 2.13. The molecule has 6 heteroatoms. The smallest absolute Gasteiger partial charge is 0.407 e. The normalized spacial score (nSPS) is 10.8. The lowest BCUT2D eigenvalue weighted by Gasteiger charge is -2.19. The molecule has 1 aromatic rings. The Morgan fingerprint density at radius 2 is 2.00 bits per heavy atom. The topological polar surface area (TPSA) is 84.9 Å². The van der Waals surface area contributed by atoms with E-state index in [1.54, 1.807) is 32.9 Å². The largest absolute Gasteiger partial charge is 0.492 e. The summed E-state index contributed by atoms with van der Waals surface area (Å²) in [4.78, 5) is 22.1. The van der Waals surface area contributed by atoms with Gasteiger partial charge in [-0.1, -0.05) is 6.07 Å². The van der Waals surface area contributed by atoms with Crippen LogP contribution in [0.4, 0.5) is 4.79 Å². The molecule has 0 radical (unpaired) electrons. The number of aromatic carboxylic acids is 1. The van der Waals surface area contributed by atoms with E-state index in [1.165, 1.54) is 12.1 Å². The van der Waals surface area contributed by atoms with Crippen molar-refractivity contribution in [1.29, 1.82) is 0 Å². The minimum atomic E-state index is -1.01. The molecule has 0 fully saturated rings. The number of benzene rings is 1. The van der Waals surface area contributed by atoms with Crippen molar-refractivity contribution in [3.05, 3.63) is 29.8 Å². The molecule has 0 spiro atoms. The highest BCUT2D eigenvalue weighted by molar-refractivity contribution is 5.87. The number of carboxylic acid groups (broad SMARTS) is 1. The van der Waals surface area contributed by atoms with E-state index in [9.17, 15) is 9.59 Å². The van der Waals surface area contributed by atoms with Crippen LogP contribution in [0.1, 0.15) is 31.1 Å². The standard InChI is InChI=1S/C14H19NO5/c1-14(2,3)20-13(18)15-7-8-19-11-6-4-5-10(9-11)12(16)17/h4-6,9H,7-8H2,1-3H3,(H,15,18)(H,16,17). The van der Waals surface area contributed by atoms with Gasteiger partial charge in [-0.05, 0) is 39.0 Å². The predicted molar refractivity (Wildman–Crippen MR) is 73.1 cm³/mol. The first-order valence-electron chi connectivity index (χ1n) is 6.21. The number of carbonyl (C=O) groups is 2. The summed E-state index contributed by atoms with van der Waals surface area (Å²) >= 11 is 0. The lowest BCUT2D eigenvalue weighted by molar-refractivity contribution is 0.0520. The molecule has 0 bridgehead atoms. The number of nitrogens with one attached hydrogen (secondary N) is 1. The maximum Gasteiger partial charge on any atom is 0.407 e. The van der Waals surface area contributed by atoms with Crippen molar-refractivity contribution in [2.45, 2.75) is 26.4 Å². The van der Waals surface area contributed by atoms with Gasteiger partial charge in [0.2, 0.25) is 0 Å². The molecular formula is C14H19NO5. The van der Waals surface area contributed by atoms with E-state index in [2.05, 4.69) is 5.32 Å². The molecule has 0 saturated heterocycles. The Bertz CT molecular complexity index is 479. The monoisotopic (exact) mass is 281 g/mol. The molecule has 2 N–H and O–H groups in total. The summed E-state index contributed by atoms with van der Waals surface area (Å²) in [5.74, 6) is -0.571. The molecule has 0 saturated carbocycles. The summed E-state index contributed by atoms with van der Waals surface area (Å²) in [7, 11) is 0. The number of alkyl carbamates (subject to hydrolysis) is 1. The van der Waals surface area contributed by atoms with Crippen LogP contribution in [0.2, 0.25) is 0 Å². The van der Waals surface area contributed by atoms with Gasteiger partial charge in [0.25, 0.3) is 0 Å². The van der Waals surface area contributed by atoms with Crippen molar-refractivity contribution < 1.29 is 24.2 Å². The van der Waals surface area contributed by atoms with E-state index in [1.807, 2.05) is 0 Å². The fourth-order valence-corrected chi connectivity index (χ4v) is 1.36. The van der Waals surface area contributed by atoms with Gasteiger partial charge in [-0.15, -0.1) is 0 Å². The second-order valence-corrected chi connectivity index (χ2v) is 5.11. The maximum atomic E-state index is 11.3. The van der Waals surface area contributed by atoms with Crippen LogP contribution in [-0.4, -0.2) is 35.9 Å². The quantitative estimate of drug-likeness (QED) is 0.809. The van der Waals surface area contributed by atoms with Crippen molar-refractivity contribution in [3.63, 3.8) is 0 Å². The van der Waals surface area contributed by atoms with Gasteiger partial charge in [0.15, 0.2) is 0 Å². The van der Waals surface area contributed by atoms with Gasteiger partial charge in [-0.2, -0.15) is 0 Å². The number of amides is 1. The second kappa shape index (κ2) is 6.79. The van der Waals surface area contributed by atoms with Crippen LogP contribution < -0.4 is 10.1 Å². The Kier molecular flexibility index (Phi) is 5.37. The van der Waals surface area contributed by atoms with E-state index >= 15 is 0 Å². The van der Waals surface area contributed by atoms with Crippen LogP contribution in [0.5, 0.6) is 5.75 Å². The van der Waals surface area contributed by atoms with E-state index in [4.69, 9.17) is 14.6 Å². The summed E-state index contributed by atoms with van der Waals surface area (Å²) in [5.41, 5.74) is -0.386. The average Bonchev–Trinajstić information content (AvgIpc) is 2.33. The first-order chi connectivity index (χ1) is 9.28. The summed E-state index contributed by atoms with van der Waals surface area (Å²) in [6.07, 6.45) is -0.514. The van der Waals surface area contributed by atoms with Gasteiger partial charge in [0, 0.05) is 0 Å². The van der Waals surface area contributed by atoms with Crippen LogP contribution in [0.25, 0.3) is 0 Å². The van der Waals surface area contributed by atoms with Crippen molar-refractivity contribution in [3.8, 4) is 5.75 Å². The second-order valence-electron chi connectivity index (χ2n) is 5.11. The number of ether oxygens (including phenoxy) is 2. The molecule has 0 heterocycles. The van der Waals surface area contributed by atoms with E-state index in [-0.39, 0.29) is 18.7 Å². The molecule has 1 rings (SSSR count). The number of carboxylic acids is 1. The number of rotatable bonds is 5. The summed E-state index contributed by atoms with van der Waals surface area (Å²) in [5, 5.41) is 11.4. The third kappa shape index (κ3) is 6.08. The number of hydrogen-bond acceptors (Lipinski definition) is 4. The summed E-state index contributed by atoms with van der Waals surface area (Å²) in [6.45, 7) is 5.83. The third-order valence-corrected chi connectivity index (χ3v) is 2.12. The molecule has 6 nitrogen and oxygen atoms in total. The molecule has 110 valence electrons. The molecule has 1 aromatic carbocycles.